The second kappa shape index (κ2) is 6.76. The SMILES string of the molecule is COc1ccnc(N2CCOC[C@](O)(CN3CCCC3)C2)n1. The molecule has 0 bridgehead atoms. The van der Waals surface area contributed by atoms with Crippen molar-refractivity contribution in [3.63, 3.8) is 0 Å². The van der Waals surface area contributed by atoms with E-state index in [9.17, 15) is 5.11 Å². The first-order valence-electron chi connectivity index (χ1n) is 7.83. The average Bonchev–Trinajstić information content (AvgIpc) is 2.95. The van der Waals surface area contributed by atoms with Gasteiger partial charge in [0, 0.05) is 25.4 Å². The summed E-state index contributed by atoms with van der Waals surface area (Å²) in [5.41, 5.74) is -0.896. The lowest BCUT2D eigenvalue weighted by Gasteiger charge is -2.33. The molecule has 0 saturated carbocycles. The summed E-state index contributed by atoms with van der Waals surface area (Å²) in [5.74, 6) is 1.10. The highest BCUT2D eigenvalue weighted by atomic mass is 16.5. The zero-order chi connectivity index (χ0) is 15.4. The fourth-order valence-corrected chi connectivity index (χ4v) is 3.14. The molecule has 2 aliphatic heterocycles. The molecule has 3 heterocycles. The van der Waals surface area contributed by atoms with E-state index in [1.54, 1.807) is 19.4 Å². The predicted molar refractivity (Wildman–Crippen MR) is 82.2 cm³/mol. The molecule has 2 aliphatic rings. The van der Waals surface area contributed by atoms with Crippen LogP contribution in [0, 0.1) is 0 Å². The summed E-state index contributed by atoms with van der Waals surface area (Å²) in [6, 6.07) is 1.72. The van der Waals surface area contributed by atoms with Crippen LogP contribution < -0.4 is 9.64 Å². The second-order valence-electron chi connectivity index (χ2n) is 6.08. The second-order valence-corrected chi connectivity index (χ2v) is 6.08. The summed E-state index contributed by atoms with van der Waals surface area (Å²) in [6.07, 6.45) is 4.09. The van der Waals surface area contributed by atoms with E-state index in [4.69, 9.17) is 9.47 Å². The van der Waals surface area contributed by atoms with E-state index in [2.05, 4.69) is 14.9 Å². The molecule has 2 fully saturated rings. The van der Waals surface area contributed by atoms with Gasteiger partial charge in [0.05, 0.1) is 26.9 Å². The number of aromatic nitrogens is 2. The van der Waals surface area contributed by atoms with E-state index >= 15 is 0 Å². The molecule has 0 radical (unpaired) electrons. The first-order chi connectivity index (χ1) is 10.7. The van der Waals surface area contributed by atoms with Crippen LogP contribution in [0.1, 0.15) is 12.8 Å². The normalized spacial score (nSPS) is 26.9. The minimum absolute atomic E-state index is 0.351. The number of ether oxygens (including phenoxy) is 2. The lowest BCUT2D eigenvalue weighted by Crippen LogP contribution is -2.52. The van der Waals surface area contributed by atoms with Crippen molar-refractivity contribution in [2.24, 2.45) is 0 Å². The van der Waals surface area contributed by atoms with Crippen LogP contribution in [0.3, 0.4) is 0 Å². The molecule has 0 aromatic carbocycles. The highest BCUT2D eigenvalue weighted by molar-refractivity contribution is 5.33. The number of hydrogen-bond donors (Lipinski definition) is 1. The van der Waals surface area contributed by atoms with Crippen LogP contribution in [-0.2, 0) is 4.74 Å². The van der Waals surface area contributed by atoms with Crippen LogP contribution in [-0.4, -0.2) is 78.6 Å². The number of hydrogen-bond acceptors (Lipinski definition) is 7. The Kier molecular flexibility index (Phi) is 4.75. The van der Waals surface area contributed by atoms with Gasteiger partial charge in [-0.15, -0.1) is 0 Å². The summed E-state index contributed by atoms with van der Waals surface area (Å²) < 4.78 is 10.8. The zero-order valence-electron chi connectivity index (χ0n) is 13.1. The summed E-state index contributed by atoms with van der Waals surface area (Å²) in [7, 11) is 1.58. The summed E-state index contributed by atoms with van der Waals surface area (Å²) in [5, 5.41) is 11.0. The fraction of sp³-hybridized carbons (Fsp3) is 0.733. The van der Waals surface area contributed by atoms with Gasteiger partial charge in [-0.3, -0.25) is 0 Å². The van der Waals surface area contributed by atoms with E-state index in [0.717, 1.165) is 13.1 Å². The smallest absolute Gasteiger partial charge is 0.228 e. The van der Waals surface area contributed by atoms with Crippen LogP contribution in [0.15, 0.2) is 12.3 Å². The third kappa shape index (κ3) is 3.66. The molecular weight excluding hydrogens is 284 g/mol. The predicted octanol–water partition coefficient (Wildman–Crippen LogP) is 0.149. The van der Waals surface area contributed by atoms with Crippen molar-refractivity contribution in [3.8, 4) is 5.88 Å². The molecule has 1 aromatic rings. The number of β-amino-alcohol motifs (C(OH)–C–C–N with tert-alkyl or cyclic N) is 1. The maximum Gasteiger partial charge on any atom is 0.228 e. The fourth-order valence-electron chi connectivity index (χ4n) is 3.14. The Bertz CT molecular complexity index is 495. The Morgan fingerprint density at radius 3 is 2.95 bits per heavy atom. The van der Waals surface area contributed by atoms with Gasteiger partial charge in [-0.1, -0.05) is 0 Å². The van der Waals surface area contributed by atoms with Crippen molar-refractivity contribution < 1.29 is 14.6 Å². The number of rotatable bonds is 4. The van der Waals surface area contributed by atoms with Gasteiger partial charge in [-0.25, -0.2) is 4.98 Å². The average molecular weight is 308 g/mol. The van der Waals surface area contributed by atoms with Gasteiger partial charge >= 0.3 is 0 Å². The lowest BCUT2D eigenvalue weighted by atomic mass is 10.0. The van der Waals surface area contributed by atoms with Crippen molar-refractivity contribution in [2.45, 2.75) is 18.4 Å². The molecule has 3 rings (SSSR count). The molecule has 0 spiro atoms. The van der Waals surface area contributed by atoms with Crippen LogP contribution in [0.2, 0.25) is 0 Å². The Morgan fingerprint density at radius 1 is 1.36 bits per heavy atom. The van der Waals surface area contributed by atoms with Gasteiger partial charge in [-0.05, 0) is 25.9 Å². The molecule has 22 heavy (non-hydrogen) atoms. The Morgan fingerprint density at radius 2 is 2.18 bits per heavy atom. The molecule has 7 nitrogen and oxygen atoms in total. The minimum Gasteiger partial charge on any atom is -0.481 e. The Labute approximate surface area is 130 Å². The van der Waals surface area contributed by atoms with Crippen LogP contribution in [0.4, 0.5) is 5.95 Å². The first-order valence-corrected chi connectivity index (χ1v) is 7.83. The van der Waals surface area contributed by atoms with E-state index in [1.165, 1.54) is 12.8 Å². The molecule has 1 N–H and O–H groups in total. The molecule has 0 unspecified atom stereocenters. The molecule has 2 saturated heterocycles. The summed E-state index contributed by atoms with van der Waals surface area (Å²) in [4.78, 5) is 13.0. The zero-order valence-corrected chi connectivity index (χ0v) is 13.1. The molecule has 1 aromatic heterocycles. The summed E-state index contributed by atoms with van der Waals surface area (Å²) >= 11 is 0. The van der Waals surface area contributed by atoms with E-state index < -0.39 is 5.60 Å². The van der Waals surface area contributed by atoms with Crippen LogP contribution in [0.5, 0.6) is 5.88 Å². The molecule has 0 amide bonds. The number of anilines is 1. The van der Waals surface area contributed by atoms with Crippen molar-refractivity contribution >= 4 is 5.95 Å². The monoisotopic (exact) mass is 308 g/mol. The van der Waals surface area contributed by atoms with Gasteiger partial charge in [0.25, 0.3) is 0 Å². The van der Waals surface area contributed by atoms with E-state index in [0.29, 0.717) is 44.7 Å². The first kappa shape index (κ1) is 15.5. The molecule has 122 valence electrons. The molecule has 1 atom stereocenters. The van der Waals surface area contributed by atoms with Crippen molar-refractivity contribution in [1.29, 1.82) is 0 Å². The molecular formula is C15H24N4O3. The van der Waals surface area contributed by atoms with Crippen LogP contribution >= 0.6 is 0 Å². The van der Waals surface area contributed by atoms with Gasteiger partial charge < -0.3 is 24.4 Å². The molecule has 7 heteroatoms. The van der Waals surface area contributed by atoms with Crippen molar-refractivity contribution in [1.82, 2.24) is 14.9 Å². The maximum absolute atomic E-state index is 11.0. The van der Waals surface area contributed by atoms with Gasteiger partial charge in [-0.2, -0.15) is 4.98 Å². The number of nitrogens with zero attached hydrogens (tertiary/aromatic N) is 4. The summed E-state index contributed by atoms with van der Waals surface area (Å²) in [6.45, 7) is 4.78. The largest absolute Gasteiger partial charge is 0.481 e. The quantitative estimate of drug-likeness (QED) is 0.849. The van der Waals surface area contributed by atoms with E-state index in [1.807, 2.05) is 4.90 Å². The van der Waals surface area contributed by atoms with Gasteiger partial charge in [0.2, 0.25) is 11.8 Å². The van der Waals surface area contributed by atoms with Crippen molar-refractivity contribution in [2.75, 3.05) is 57.9 Å². The lowest BCUT2D eigenvalue weighted by molar-refractivity contribution is -0.0439. The highest BCUT2D eigenvalue weighted by Crippen LogP contribution is 2.21. The van der Waals surface area contributed by atoms with Crippen molar-refractivity contribution in [3.05, 3.63) is 12.3 Å². The standard InChI is InChI=1S/C15H24N4O3/c1-21-13-4-5-16-14(17-13)19-8-9-22-12-15(20,11-19)10-18-6-2-3-7-18/h4-5,20H,2-3,6-12H2,1H3/t15-/m0/s1. The third-order valence-corrected chi connectivity index (χ3v) is 4.19. The van der Waals surface area contributed by atoms with Crippen LogP contribution in [0.25, 0.3) is 0 Å². The topological polar surface area (TPSA) is 71.0 Å². The third-order valence-electron chi connectivity index (χ3n) is 4.19. The highest BCUT2D eigenvalue weighted by Gasteiger charge is 2.36. The Hall–Kier alpha value is -1.44. The number of methoxy groups -OCH3 is 1. The Balaban J connectivity index is 1.73. The number of aliphatic hydroxyl groups is 1. The van der Waals surface area contributed by atoms with E-state index in [-0.39, 0.29) is 0 Å². The minimum atomic E-state index is -0.896. The number of likely N-dealkylation sites (tertiary alicyclic amines) is 1. The molecule has 0 aliphatic carbocycles. The maximum atomic E-state index is 11.0. The van der Waals surface area contributed by atoms with Gasteiger partial charge in [0.15, 0.2) is 0 Å². The van der Waals surface area contributed by atoms with Gasteiger partial charge in [0.1, 0.15) is 5.60 Å².